The van der Waals surface area contributed by atoms with Crippen LogP contribution in [0.3, 0.4) is 0 Å². The standard InChI is InChI=1S/C24H31N3O2/c1-4-17(21(28)18-6-5-7-18)9-8-16-10-11-27(15-16)23(29)20-12-19-13-24(2,3)26-22(19)25-14-20/h9,12,14,17-18H,4-7,10-11,13,15H2,1-3H3,(H,25,26). The van der Waals surface area contributed by atoms with E-state index in [1.54, 1.807) is 6.20 Å². The summed E-state index contributed by atoms with van der Waals surface area (Å²) < 4.78 is 0. The molecule has 5 nitrogen and oxygen atoms in total. The van der Waals surface area contributed by atoms with Crippen LogP contribution in [0, 0.1) is 11.8 Å². The van der Waals surface area contributed by atoms with Crippen LogP contribution >= 0.6 is 0 Å². The van der Waals surface area contributed by atoms with Crippen LogP contribution < -0.4 is 5.32 Å². The zero-order valence-electron chi connectivity index (χ0n) is 17.8. The molecule has 1 atom stereocenters. The van der Waals surface area contributed by atoms with E-state index in [0.717, 1.165) is 49.1 Å². The fourth-order valence-electron chi connectivity index (χ4n) is 4.46. The molecule has 1 aromatic heterocycles. The van der Waals surface area contributed by atoms with Crippen LogP contribution in [-0.4, -0.2) is 40.2 Å². The van der Waals surface area contributed by atoms with Crippen molar-refractivity contribution in [2.45, 2.75) is 64.8 Å². The summed E-state index contributed by atoms with van der Waals surface area (Å²) in [7, 11) is 0. The molecule has 1 aliphatic carbocycles. The molecule has 5 heteroatoms. The summed E-state index contributed by atoms with van der Waals surface area (Å²) >= 11 is 0. The Kier molecular flexibility index (Phi) is 5.35. The summed E-state index contributed by atoms with van der Waals surface area (Å²) in [5, 5.41) is 3.39. The van der Waals surface area contributed by atoms with E-state index >= 15 is 0 Å². The molecule has 1 saturated carbocycles. The number of nitrogens with zero attached hydrogens (tertiary/aromatic N) is 2. The number of nitrogens with one attached hydrogen (secondary N) is 1. The monoisotopic (exact) mass is 393 g/mol. The highest BCUT2D eigenvalue weighted by Gasteiger charge is 2.31. The molecule has 1 saturated heterocycles. The third kappa shape index (κ3) is 4.16. The van der Waals surface area contributed by atoms with Crippen LogP contribution in [0.15, 0.2) is 29.6 Å². The van der Waals surface area contributed by atoms with Crippen LogP contribution in [-0.2, 0) is 11.2 Å². The molecule has 1 aromatic rings. The van der Waals surface area contributed by atoms with Crippen molar-refractivity contribution in [1.29, 1.82) is 0 Å². The molecular weight excluding hydrogens is 362 g/mol. The molecule has 1 amide bonds. The van der Waals surface area contributed by atoms with Gasteiger partial charge in [-0.15, -0.1) is 5.73 Å². The third-order valence-electron chi connectivity index (χ3n) is 6.46. The Morgan fingerprint density at radius 2 is 2.21 bits per heavy atom. The second kappa shape index (κ2) is 7.79. The zero-order chi connectivity index (χ0) is 20.6. The van der Waals surface area contributed by atoms with Crippen molar-refractivity contribution in [2.75, 3.05) is 18.4 Å². The van der Waals surface area contributed by atoms with Crippen LogP contribution in [0.25, 0.3) is 0 Å². The number of carbonyl (C=O) groups is 2. The third-order valence-corrected chi connectivity index (χ3v) is 6.46. The van der Waals surface area contributed by atoms with Gasteiger partial charge in [0, 0.05) is 36.7 Å². The number of carbonyl (C=O) groups excluding carboxylic acids is 2. The zero-order valence-corrected chi connectivity index (χ0v) is 17.8. The van der Waals surface area contributed by atoms with Crippen molar-refractivity contribution in [3.63, 3.8) is 0 Å². The Balaban J connectivity index is 1.42. The number of anilines is 1. The Morgan fingerprint density at radius 1 is 1.41 bits per heavy atom. The molecule has 154 valence electrons. The smallest absolute Gasteiger partial charge is 0.255 e. The van der Waals surface area contributed by atoms with E-state index in [-0.39, 0.29) is 23.3 Å². The van der Waals surface area contributed by atoms with Gasteiger partial charge in [0.25, 0.3) is 5.91 Å². The van der Waals surface area contributed by atoms with Gasteiger partial charge in [0.1, 0.15) is 11.6 Å². The van der Waals surface area contributed by atoms with Gasteiger partial charge in [-0.25, -0.2) is 4.98 Å². The molecule has 1 N–H and O–H groups in total. The van der Waals surface area contributed by atoms with E-state index in [9.17, 15) is 9.59 Å². The lowest BCUT2D eigenvalue weighted by molar-refractivity contribution is -0.127. The van der Waals surface area contributed by atoms with Crippen molar-refractivity contribution in [1.82, 2.24) is 9.88 Å². The van der Waals surface area contributed by atoms with Gasteiger partial charge in [0.05, 0.1) is 5.56 Å². The molecular formula is C24H31N3O2. The number of amides is 1. The predicted octanol–water partition coefficient (Wildman–Crippen LogP) is 4.15. The summed E-state index contributed by atoms with van der Waals surface area (Å²) in [6, 6.07) is 1.98. The second-order valence-corrected chi connectivity index (χ2v) is 9.35. The van der Waals surface area contributed by atoms with Gasteiger partial charge in [-0.2, -0.15) is 0 Å². The van der Waals surface area contributed by atoms with Crippen LogP contribution in [0.4, 0.5) is 5.82 Å². The molecule has 3 aliphatic rings. The Morgan fingerprint density at radius 3 is 2.90 bits per heavy atom. The second-order valence-electron chi connectivity index (χ2n) is 9.35. The minimum Gasteiger partial charge on any atom is -0.365 e. The van der Waals surface area contributed by atoms with Gasteiger partial charge >= 0.3 is 0 Å². The van der Waals surface area contributed by atoms with Gasteiger partial charge in [-0.05, 0) is 69.2 Å². The minimum absolute atomic E-state index is 0.0158. The molecule has 0 radical (unpaired) electrons. The normalized spacial score (nSPS) is 21.1. The maximum atomic E-state index is 13.0. The molecule has 0 aromatic carbocycles. The maximum Gasteiger partial charge on any atom is 0.255 e. The summed E-state index contributed by atoms with van der Waals surface area (Å²) in [5.74, 6) is 1.52. The van der Waals surface area contributed by atoms with Crippen molar-refractivity contribution >= 4 is 17.5 Å². The first kappa shape index (κ1) is 19.9. The molecule has 2 fully saturated rings. The van der Waals surface area contributed by atoms with Crippen LogP contribution in [0.5, 0.6) is 0 Å². The predicted molar refractivity (Wildman–Crippen MR) is 114 cm³/mol. The van der Waals surface area contributed by atoms with E-state index in [1.165, 1.54) is 6.42 Å². The van der Waals surface area contributed by atoms with Gasteiger partial charge in [-0.3, -0.25) is 9.59 Å². The molecule has 1 unspecified atom stereocenters. The van der Waals surface area contributed by atoms with Crippen molar-refractivity contribution in [2.24, 2.45) is 11.8 Å². The van der Waals surface area contributed by atoms with E-state index in [0.29, 0.717) is 24.4 Å². The largest absolute Gasteiger partial charge is 0.365 e. The lowest BCUT2D eigenvalue weighted by Crippen LogP contribution is -2.28. The topological polar surface area (TPSA) is 62.3 Å². The first-order valence-corrected chi connectivity index (χ1v) is 10.9. The lowest BCUT2D eigenvalue weighted by Gasteiger charge is -2.26. The van der Waals surface area contributed by atoms with Gasteiger partial charge in [0.2, 0.25) is 0 Å². The number of ketones is 1. The van der Waals surface area contributed by atoms with Crippen molar-refractivity contribution in [3.05, 3.63) is 40.8 Å². The van der Waals surface area contributed by atoms with E-state index < -0.39 is 0 Å². The molecule has 29 heavy (non-hydrogen) atoms. The maximum absolute atomic E-state index is 13.0. The number of rotatable bonds is 5. The van der Waals surface area contributed by atoms with Crippen LogP contribution in [0.2, 0.25) is 0 Å². The minimum atomic E-state index is -0.0330. The summed E-state index contributed by atoms with van der Waals surface area (Å²) in [6.45, 7) is 7.62. The molecule has 4 rings (SSSR count). The summed E-state index contributed by atoms with van der Waals surface area (Å²) in [4.78, 5) is 31.8. The number of hydrogen-bond acceptors (Lipinski definition) is 4. The number of likely N-dealkylation sites (tertiary alicyclic amines) is 1. The average molecular weight is 394 g/mol. The highest BCUT2D eigenvalue weighted by atomic mass is 16.2. The number of Topliss-reactive ketones (excluding diaryl/α,β-unsaturated/α-hetero) is 1. The van der Waals surface area contributed by atoms with Gasteiger partial charge in [-0.1, -0.05) is 13.3 Å². The molecule has 0 bridgehead atoms. The quantitative estimate of drug-likeness (QED) is 0.764. The SMILES string of the molecule is CCC(C=C=C1CCN(C(=O)c2cnc3c(c2)CC(C)(C)N3)C1)C(=O)C1CCC1. The number of fused-ring (bicyclic) bond motifs is 1. The molecule has 3 heterocycles. The summed E-state index contributed by atoms with van der Waals surface area (Å²) in [6.07, 6.45) is 9.42. The van der Waals surface area contributed by atoms with Crippen molar-refractivity contribution in [3.8, 4) is 0 Å². The van der Waals surface area contributed by atoms with E-state index in [4.69, 9.17) is 0 Å². The Hall–Kier alpha value is -2.39. The number of hydrogen-bond donors (Lipinski definition) is 1. The lowest BCUT2D eigenvalue weighted by atomic mass is 9.77. The Labute approximate surface area is 173 Å². The average Bonchev–Trinajstić information content (AvgIpc) is 3.22. The van der Waals surface area contributed by atoms with E-state index in [2.05, 4.69) is 36.8 Å². The first-order chi connectivity index (χ1) is 13.9. The highest BCUT2D eigenvalue weighted by Crippen LogP contribution is 2.32. The van der Waals surface area contributed by atoms with Crippen molar-refractivity contribution < 1.29 is 9.59 Å². The number of pyridine rings is 1. The van der Waals surface area contributed by atoms with Crippen LogP contribution in [0.1, 0.15) is 68.8 Å². The first-order valence-electron chi connectivity index (χ1n) is 10.9. The van der Waals surface area contributed by atoms with Gasteiger partial charge in [0.15, 0.2) is 0 Å². The summed E-state index contributed by atoms with van der Waals surface area (Å²) in [5.41, 5.74) is 6.21. The fraction of sp³-hybridized carbons (Fsp3) is 0.583. The highest BCUT2D eigenvalue weighted by molar-refractivity contribution is 5.95. The fourth-order valence-corrected chi connectivity index (χ4v) is 4.46. The molecule has 0 spiro atoms. The molecule has 2 aliphatic heterocycles. The van der Waals surface area contributed by atoms with E-state index in [1.807, 2.05) is 17.0 Å². The Bertz CT molecular complexity index is 891. The number of aromatic nitrogens is 1. The van der Waals surface area contributed by atoms with Gasteiger partial charge < -0.3 is 10.2 Å².